The molecule has 3 heteroatoms. The summed E-state index contributed by atoms with van der Waals surface area (Å²) >= 11 is 0. The Labute approximate surface area is 92.2 Å². The van der Waals surface area contributed by atoms with E-state index in [2.05, 4.69) is 10.2 Å². The van der Waals surface area contributed by atoms with Gasteiger partial charge in [-0.2, -0.15) is 0 Å². The van der Waals surface area contributed by atoms with Crippen molar-refractivity contribution < 1.29 is 4.79 Å². The molecule has 2 rings (SSSR count). The van der Waals surface area contributed by atoms with Crippen molar-refractivity contribution in [1.82, 2.24) is 10.2 Å². The fourth-order valence-corrected chi connectivity index (χ4v) is 2.57. The molecule has 1 amide bonds. The Balaban J connectivity index is 1.88. The van der Waals surface area contributed by atoms with Crippen molar-refractivity contribution in [2.45, 2.75) is 39.7 Å². The second-order valence-electron chi connectivity index (χ2n) is 6.07. The first-order chi connectivity index (χ1) is 6.95. The first kappa shape index (κ1) is 10.9. The molecule has 0 aliphatic carbocycles. The van der Waals surface area contributed by atoms with Crippen molar-refractivity contribution in [2.75, 3.05) is 19.6 Å². The predicted molar refractivity (Wildman–Crippen MR) is 60.5 cm³/mol. The molecule has 0 radical (unpaired) electrons. The SMILES string of the molecule is CC(C)(C)C(=O)NC1CC2CCN(C2)C1. The van der Waals surface area contributed by atoms with Crippen LogP contribution in [0, 0.1) is 11.3 Å². The Kier molecular flexibility index (Phi) is 2.75. The Morgan fingerprint density at radius 1 is 1.33 bits per heavy atom. The van der Waals surface area contributed by atoms with Gasteiger partial charge in [-0.1, -0.05) is 20.8 Å². The fraction of sp³-hybridized carbons (Fsp3) is 0.917. The molecule has 2 saturated heterocycles. The third-order valence-electron chi connectivity index (χ3n) is 3.48. The maximum absolute atomic E-state index is 11.8. The average Bonchev–Trinajstić information content (AvgIpc) is 2.44. The number of nitrogens with zero attached hydrogens (tertiary/aromatic N) is 1. The van der Waals surface area contributed by atoms with Crippen molar-refractivity contribution in [3.63, 3.8) is 0 Å². The third kappa shape index (κ3) is 2.51. The van der Waals surface area contributed by atoms with Gasteiger partial charge in [-0.15, -0.1) is 0 Å². The van der Waals surface area contributed by atoms with Crippen molar-refractivity contribution in [2.24, 2.45) is 11.3 Å². The van der Waals surface area contributed by atoms with E-state index in [1.165, 1.54) is 25.9 Å². The maximum Gasteiger partial charge on any atom is 0.225 e. The Bertz CT molecular complexity index is 245. The van der Waals surface area contributed by atoms with Crippen LogP contribution in [-0.4, -0.2) is 36.5 Å². The molecule has 0 saturated carbocycles. The number of hydrogen-bond donors (Lipinski definition) is 1. The molecule has 15 heavy (non-hydrogen) atoms. The van der Waals surface area contributed by atoms with Gasteiger partial charge >= 0.3 is 0 Å². The normalized spacial score (nSPS) is 35.3. The number of piperidine rings is 1. The van der Waals surface area contributed by atoms with E-state index in [1.54, 1.807) is 0 Å². The molecule has 0 aromatic rings. The zero-order valence-electron chi connectivity index (χ0n) is 10.0. The smallest absolute Gasteiger partial charge is 0.225 e. The lowest BCUT2D eigenvalue weighted by molar-refractivity contribution is -0.129. The van der Waals surface area contributed by atoms with Crippen LogP contribution in [0.3, 0.4) is 0 Å². The van der Waals surface area contributed by atoms with Gasteiger partial charge < -0.3 is 10.2 Å². The highest BCUT2D eigenvalue weighted by Gasteiger charge is 2.34. The molecule has 2 aliphatic rings. The molecule has 2 heterocycles. The fourth-order valence-electron chi connectivity index (χ4n) is 2.57. The molecule has 0 aromatic carbocycles. The topological polar surface area (TPSA) is 32.3 Å². The molecule has 3 nitrogen and oxygen atoms in total. The van der Waals surface area contributed by atoms with Gasteiger partial charge in [-0.3, -0.25) is 4.79 Å². The molecule has 2 bridgehead atoms. The van der Waals surface area contributed by atoms with E-state index in [0.717, 1.165) is 12.5 Å². The molecule has 0 aromatic heterocycles. The van der Waals surface area contributed by atoms with Crippen LogP contribution in [0.15, 0.2) is 0 Å². The first-order valence-corrected chi connectivity index (χ1v) is 5.98. The van der Waals surface area contributed by atoms with Crippen molar-refractivity contribution >= 4 is 5.91 Å². The Morgan fingerprint density at radius 3 is 2.67 bits per heavy atom. The molecular weight excluding hydrogens is 188 g/mol. The number of carbonyl (C=O) groups is 1. The maximum atomic E-state index is 11.8. The van der Waals surface area contributed by atoms with Gasteiger partial charge in [0.05, 0.1) is 0 Å². The summed E-state index contributed by atoms with van der Waals surface area (Å²) in [5.41, 5.74) is -0.258. The van der Waals surface area contributed by atoms with E-state index in [-0.39, 0.29) is 11.3 Å². The van der Waals surface area contributed by atoms with Crippen molar-refractivity contribution in [1.29, 1.82) is 0 Å². The summed E-state index contributed by atoms with van der Waals surface area (Å²) < 4.78 is 0. The monoisotopic (exact) mass is 210 g/mol. The van der Waals surface area contributed by atoms with E-state index >= 15 is 0 Å². The third-order valence-corrected chi connectivity index (χ3v) is 3.48. The minimum atomic E-state index is -0.258. The summed E-state index contributed by atoms with van der Waals surface area (Å²) in [6.07, 6.45) is 2.50. The number of amides is 1. The lowest BCUT2D eigenvalue weighted by atomic mass is 9.92. The summed E-state index contributed by atoms with van der Waals surface area (Å²) in [4.78, 5) is 14.3. The number of hydrogen-bond acceptors (Lipinski definition) is 2. The van der Waals surface area contributed by atoms with Crippen LogP contribution in [0.1, 0.15) is 33.6 Å². The van der Waals surface area contributed by atoms with Gasteiger partial charge in [0.1, 0.15) is 0 Å². The summed E-state index contributed by atoms with van der Waals surface area (Å²) in [6, 6.07) is 0.387. The van der Waals surface area contributed by atoms with Crippen LogP contribution < -0.4 is 5.32 Å². The minimum Gasteiger partial charge on any atom is -0.352 e. The van der Waals surface area contributed by atoms with Gasteiger partial charge in [-0.05, 0) is 25.3 Å². The lowest BCUT2D eigenvalue weighted by Crippen LogP contribution is -2.49. The van der Waals surface area contributed by atoms with Gasteiger partial charge in [0.2, 0.25) is 5.91 Å². The Hall–Kier alpha value is -0.570. The standard InChI is InChI=1S/C12H22N2O/c1-12(2,3)11(15)13-10-6-9-4-5-14(7-9)8-10/h9-10H,4-8H2,1-3H3,(H,13,15). The molecule has 2 aliphatic heterocycles. The van der Waals surface area contributed by atoms with Crippen molar-refractivity contribution in [3.05, 3.63) is 0 Å². The average molecular weight is 210 g/mol. The summed E-state index contributed by atoms with van der Waals surface area (Å²) in [5, 5.41) is 3.18. The van der Waals surface area contributed by atoms with Gasteiger partial charge in [0, 0.05) is 24.5 Å². The van der Waals surface area contributed by atoms with Crippen LogP contribution >= 0.6 is 0 Å². The van der Waals surface area contributed by atoms with Crippen LogP contribution in [0.4, 0.5) is 0 Å². The highest BCUT2D eigenvalue weighted by atomic mass is 16.2. The van der Waals surface area contributed by atoms with Gasteiger partial charge in [-0.25, -0.2) is 0 Å². The highest BCUT2D eigenvalue weighted by molar-refractivity contribution is 5.81. The molecule has 3 atom stereocenters. The van der Waals surface area contributed by atoms with E-state index in [4.69, 9.17) is 0 Å². The van der Waals surface area contributed by atoms with Gasteiger partial charge in [0.15, 0.2) is 0 Å². The Morgan fingerprint density at radius 2 is 2.07 bits per heavy atom. The second kappa shape index (κ2) is 3.78. The molecule has 0 spiro atoms. The molecule has 1 N–H and O–H groups in total. The van der Waals surface area contributed by atoms with E-state index in [9.17, 15) is 4.79 Å². The number of nitrogens with one attached hydrogen (secondary N) is 1. The van der Waals surface area contributed by atoms with Crippen LogP contribution in [-0.2, 0) is 4.79 Å². The predicted octanol–water partition coefficient (Wildman–Crippen LogP) is 1.24. The molecule has 86 valence electrons. The summed E-state index contributed by atoms with van der Waals surface area (Å²) in [7, 11) is 0. The van der Waals surface area contributed by atoms with Crippen LogP contribution in [0.5, 0.6) is 0 Å². The van der Waals surface area contributed by atoms with Crippen LogP contribution in [0.2, 0.25) is 0 Å². The lowest BCUT2D eigenvalue weighted by Gasteiger charge is -2.32. The van der Waals surface area contributed by atoms with E-state index in [1.807, 2.05) is 20.8 Å². The second-order valence-corrected chi connectivity index (χ2v) is 6.07. The highest BCUT2D eigenvalue weighted by Crippen LogP contribution is 2.27. The zero-order valence-corrected chi connectivity index (χ0v) is 10.0. The molecular formula is C12H22N2O. The van der Waals surface area contributed by atoms with Crippen molar-refractivity contribution in [3.8, 4) is 0 Å². The quantitative estimate of drug-likeness (QED) is 0.706. The number of carbonyl (C=O) groups excluding carboxylic acids is 1. The summed E-state index contributed by atoms with van der Waals surface area (Å²) in [5.74, 6) is 1.01. The van der Waals surface area contributed by atoms with E-state index < -0.39 is 0 Å². The molecule has 3 unspecified atom stereocenters. The molecule has 2 fully saturated rings. The number of fused-ring (bicyclic) bond motifs is 2. The summed E-state index contributed by atoms with van der Waals surface area (Å²) in [6.45, 7) is 9.45. The largest absolute Gasteiger partial charge is 0.352 e. The van der Waals surface area contributed by atoms with Crippen LogP contribution in [0.25, 0.3) is 0 Å². The first-order valence-electron chi connectivity index (χ1n) is 5.98. The van der Waals surface area contributed by atoms with Gasteiger partial charge in [0.25, 0.3) is 0 Å². The number of rotatable bonds is 1. The van der Waals surface area contributed by atoms with E-state index in [0.29, 0.717) is 6.04 Å². The minimum absolute atomic E-state index is 0.190. The zero-order chi connectivity index (χ0) is 11.1.